The van der Waals surface area contributed by atoms with Crippen molar-refractivity contribution in [3.8, 4) is 0 Å². The molecule has 1 rings (SSSR count). The van der Waals surface area contributed by atoms with Crippen molar-refractivity contribution in [1.82, 2.24) is 4.31 Å². The van der Waals surface area contributed by atoms with Gasteiger partial charge in [-0.25, -0.2) is 13.2 Å². The highest BCUT2D eigenvalue weighted by Gasteiger charge is 2.26. The minimum Gasteiger partial charge on any atom is -0.465 e. The van der Waals surface area contributed by atoms with Crippen molar-refractivity contribution in [3.63, 3.8) is 0 Å². The van der Waals surface area contributed by atoms with Crippen molar-refractivity contribution < 1.29 is 17.9 Å². The Bertz CT molecular complexity index is 604. The van der Waals surface area contributed by atoms with E-state index in [0.717, 1.165) is 0 Å². The average Bonchev–Trinajstić information content (AvgIpc) is 2.44. The Morgan fingerprint density at radius 1 is 1.43 bits per heavy atom. The molecule has 0 radical (unpaired) electrons. The number of ether oxygens (including phenoxy) is 1. The minimum atomic E-state index is -3.69. The van der Waals surface area contributed by atoms with Crippen LogP contribution in [0.1, 0.15) is 22.8 Å². The Labute approximate surface area is 131 Å². The van der Waals surface area contributed by atoms with Gasteiger partial charge in [-0.1, -0.05) is 6.07 Å². The summed E-state index contributed by atoms with van der Waals surface area (Å²) < 4.78 is 30.7. The van der Waals surface area contributed by atoms with Gasteiger partial charge in [0.2, 0.25) is 10.0 Å². The molecular formula is C13H21ClN2O4S. The van der Waals surface area contributed by atoms with Crippen molar-refractivity contribution in [2.45, 2.75) is 24.8 Å². The first-order valence-corrected chi connectivity index (χ1v) is 7.56. The lowest BCUT2D eigenvalue weighted by Crippen LogP contribution is -2.39. The molecule has 0 amide bonds. The molecule has 2 N–H and O–H groups in total. The van der Waals surface area contributed by atoms with Crippen LogP contribution < -0.4 is 5.73 Å². The number of esters is 1. The summed E-state index contributed by atoms with van der Waals surface area (Å²) in [5.74, 6) is -0.561. The molecule has 0 aliphatic heterocycles. The topological polar surface area (TPSA) is 89.7 Å². The van der Waals surface area contributed by atoms with Crippen molar-refractivity contribution >= 4 is 28.4 Å². The van der Waals surface area contributed by atoms with E-state index in [1.165, 1.54) is 30.6 Å². The highest BCUT2D eigenvalue weighted by molar-refractivity contribution is 7.89. The van der Waals surface area contributed by atoms with Gasteiger partial charge in [0.1, 0.15) is 0 Å². The molecule has 0 spiro atoms. The quantitative estimate of drug-likeness (QED) is 0.815. The first-order valence-electron chi connectivity index (χ1n) is 6.12. The molecule has 0 bridgehead atoms. The fourth-order valence-corrected chi connectivity index (χ4v) is 3.04. The number of sulfonamides is 1. The predicted octanol–water partition coefficient (Wildman–Crippen LogP) is 1.17. The highest BCUT2D eigenvalue weighted by atomic mass is 35.5. The Hall–Kier alpha value is -1.15. The molecule has 0 fully saturated rings. The molecule has 8 heteroatoms. The van der Waals surface area contributed by atoms with Crippen LogP contribution in [0.4, 0.5) is 0 Å². The maximum absolute atomic E-state index is 12.4. The third-order valence-electron chi connectivity index (χ3n) is 3.25. The van der Waals surface area contributed by atoms with Crippen LogP contribution in [0.2, 0.25) is 0 Å². The molecule has 0 aliphatic rings. The largest absolute Gasteiger partial charge is 0.465 e. The van der Waals surface area contributed by atoms with Crippen LogP contribution in [0.5, 0.6) is 0 Å². The number of hydrogen-bond acceptors (Lipinski definition) is 5. The van der Waals surface area contributed by atoms with Crippen LogP contribution in [0.25, 0.3) is 0 Å². The summed E-state index contributed by atoms with van der Waals surface area (Å²) in [6, 6.07) is 4.05. The smallest absolute Gasteiger partial charge is 0.338 e. The van der Waals surface area contributed by atoms with Crippen LogP contribution in [-0.2, 0) is 14.8 Å². The summed E-state index contributed by atoms with van der Waals surface area (Å²) in [4.78, 5) is 11.7. The molecule has 0 saturated heterocycles. The summed E-state index contributed by atoms with van der Waals surface area (Å²) in [5, 5.41) is 0. The molecule has 0 heterocycles. The minimum absolute atomic E-state index is 0. The standard InChI is InChI=1S/C13H20N2O4S.ClH/c1-9-5-6-11(7-12(9)13(16)19-4)20(17,18)15(3)10(2)8-14;/h5-7,10H,8,14H2,1-4H3;1H. The molecule has 1 unspecified atom stereocenters. The van der Waals surface area contributed by atoms with Gasteiger partial charge < -0.3 is 10.5 Å². The first kappa shape index (κ1) is 19.9. The number of nitrogens with two attached hydrogens (primary N) is 1. The van der Waals surface area contributed by atoms with Crippen molar-refractivity contribution in [2.24, 2.45) is 5.73 Å². The van der Waals surface area contributed by atoms with Crippen LogP contribution in [0.3, 0.4) is 0 Å². The second-order valence-corrected chi connectivity index (χ2v) is 6.57. The van der Waals surface area contributed by atoms with E-state index in [2.05, 4.69) is 4.74 Å². The summed E-state index contributed by atoms with van der Waals surface area (Å²) in [6.07, 6.45) is 0. The number of halogens is 1. The van der Waals surface area contributed by atoms with Crippen molar-refractivity contribution in [1.29, 1.82) is 0 Å². The van der Waals surface area contributed by atoms with Gasteiger partial charge in [-0.05, 0) is 31.5 Å². The van der Waals surface area contributed by atoms with Crippen molar-refractivity contribution in [3.05, 3.63) is 29.3 Å². The second kappa shape index (κ2) is 7.74. The van der Waals surface area contributed by atoms with E-state index in [1.807, 2.05) is 0 Å². The van der Waals surface area contributed by atoms with Gasteiger partial charge in [-0.2, -0.15) is 4.31 Å². The van der Waals surface area contributed by atoms with Gasteiger partial charge in [0.15, 0.2) is 0 Å². The molecule has 0 saturated carbocycles. The molecule has 1 aromatic carbocycles. The third-order valence-corrected chi connectivity index (χ3v) is 5.22. The van der Waals surface area contributed by atoms with Gasteiger partial charge in [0.05, 0.1) is 17.6 Å². The molecule has 0 aromatic heterocycles. The number of carbonyl (C=O) groups excluding carboxylic acids is 1. The number of aryl methyl sites for hydroxylation is 1. The van der Waals surface area contributed by atoms with Crippen LogP contribution in [0.15, 0.2) is 23.1 Å². The summed E-state index contributed by atoms with van der Waals surface area (Å²) in [6.45, 7) is 3.65. The van der Waals surface area contributed by atoms with E-state index < -0.39 is 16.0 Å². The highest BCUT2D eigenvalue weighted by Crippen LogP contribution is 2.20. The van der Waals surface area contributed by atoms with E-state index in [9.17, 15) is 13.2 Å². The van der Waals surface area contributed by atoms with Gasteiger partial charge in [-0.3, -0.25) is 0 Å². The fraction of sp³-hybridized carbons (Fsp3) is 0.462. The van der Waals surface area contributed by atoms with E-state index in [4.69, 9.17) is 5.73 Å². The third kappa shape index (κ3) is 4.16. The zero-order valence-electron chi connectivity index (χ0n) is 12.5. The van der Waals surface area contributed by atoms with Gasteiger partial charge in [0, 0.05) is 19.6 Å². The average molecular weight is 337 g/mol. The van der Waals surface area contributed by atoms with Gasteiger partial charge in [0.25, 0.3) is 0 Å². The maximum atomic E-state index is 12.4. The molecule has 0 aliphatic carbocycles. The fourth-order valence-electron chi connectivity index (χ4n) is 1.64. The monoisotopic (exact) mass is 336 g/mol. The van der Waals surface area contributed by atoms with Crippen LogP contribution in [-0.4, -0.2) is 45.4 Å². The molecule has 6 nitrogen and oxygen atoms in total. The van der Waals surface area contributed by atoms with Crippen LogP contribution >= 0.6 is 12.4 Å². The number of carbonyl (C=O) groups is 1. The first-order chi connectivity index (χ1) is 9.25. The lowest BCUT2D eigenvalue weighted by Gasteiger charge is -2.23. The maximum Gasteiger partial charge on any atom is 0.338 e. The summed E-state index contributed by atoms with van der Waals surface area (Å²) >= 11 is 0. The zero-order valence-corrected chi connectivity index (χ0v) is 14.1. The van der Waals surface area contributed by atoms with E-state index in [-0.39, 0.29) is 35.5 Å². The molecular weight excluding hydrogens is 316 g/mol. The number of methoxy groups -OCH3 is 1. The second-order valence-electron chi connectivity index (χ2n) is 4.57. The Morgan fingerprint density at radius 3 is 2.48 bits per heavy atom. The number of likely N-dealkylation sites (N-methyl/N-ethyl adjacent to an activating group) is 1. The lowest BCUT2D eigenvalue weighted by atomic mass is 10.1. The number of hydrogen-bond donors (Lipinski definition) is 1. The normalized spacial score (nSPS) is 12.7. The lowest BCUT2D eigenvalue weighted by molar-refractivity contribution is 0.0599. The Balaban J connectivity index is 0.00000400. The number of rotatable bonds is 5. The van der Waals surface area contributed by atoms with Gasteiger partial charge >= 0.3 is 5.97 Å². The zero-order chi connectivity index (χ0) is 15.5. The van der Waals surface area contributed by atoms with Gasteiger partial charge in [-0.15, -0.1) is 12.4 Å². The Kier molecular flexibility index (Phi) is 7.32. The molecule has 120 valence electrons. The predicted molar refractivity (Wildman–Crippen MR) is 83.2 cm³/mol. The van der Waals surface area contributed by atoms with E-state index in [1.54, 1.807) is 19.9 Å². The summed E-state index contributed by atoms with van der Waals surface area (Å²) in [5.41, 5.74) is 6.39. The van der Waals surface area contributed by atoms with E-state index in [0.29, 0.717) is 5.56 Å². The molecule has 21 heavy (non-hydrogen) atoms. The van der Waals surface area contributed by atoms with Crippen molar-refractivity contribution in [2.75, 3.05) is 20.7 Å². The number of nitrogens with zero attached hydrogens (tertiary/aromatic N) is 1. The number of benzene rings is 1. The van der Waals surface area contributed by atoms with E-state index >= 15 is 0 Å². The summed E-state index contributed by atoms with van der Waals surface area (Å²) in [7, 11) is -0.967. The SMILES string of the molecule is COC(=O)c1cc(S(=O)(=O)N(C)C(C)CN)ccc1C.Cl. The van der Waals surface area contributed by atoms with Crippen LogP contribution in [0, 0.1) is 6.92 Å². The molecule has 1 aromatic rings. The Morgan fingerprint density at radius 2 is 2.00 bits per heavy atom. The molecule has 1 atom stereocenters.